The number of nitrogens with two attached hydrogens (primary N) is 1. The Hall–Kier alpha value is -1.66. The van der Waals surface area contributed by atoms with E-state index < -0.39 is 12.0 Å². The lowest BCUT2D eigenvalue weighted by Crippen LogP contribution is -2.38. The van der Waals surface area contributed by atoms with Crippen LogP contribution in [0.4, 0.5) is 8.78 Å². The highest BCUT2D eigenvalue weighted by Gasteiger charge is 2.45. The zero-order chi connectivity index (χ0) is 16.8. The van der Waals surface area contributed by atoms with Crippen LogP contribution in [0.1, 0.15) is 31.4 Å². The van der Waals surface area contributed by atoms with Gasteiger partial charge in [0.25, 0.3) is 5.56 Å². The molecule has 0 bridgehead atoms. The molecule has 0 radical (unpaired) electrons. The van der Waals surface area contributed by atoms with Crippen molar-refractivity contribution < 1.29 is 13.5 Å². The standard InChI is InChI=1S/C16H17ClF2N2O2/c1-8(20)11-2-10-3-12(17)14(4-13(10)21-15(11)22)23-7-9-5-16(18,19)6-9/h2-4,8-9H,5-7,20H2,1H3,(H,21,22)/t8-/m0/s1. The average molecular weight is 343 g/mol. The summed E-state index contributed by atoms with van der Waals surface area (Å²) in [4.78, 5) is 14.7. The van der Waals surface area contributed by atoms with E-state index in [1.807, 2.05) is 0 Å². The molecule has 1 fully saturated rings. The van der Waals surface area contributed by atoms with Crippen LogP contribution in [0.5, 0.6) is 5.75 Å². The summed E-state index contributed by atoms with van der Waals surface area (Å²) in [5.74, 6) is -2.36. The van der Waals surface area contributed by atoms with E-state index in [0.717, 1.165) is 5.39 Å². The second-order valence-electron chi connectivity index (χ2n) is 6.15. The minimum atomic E-state index is -2.57. The lowest BCUT2D eigenvalue weighted by Gasteiger charge is -2.34. The van der Waals surface area contributed by atoms with Gasteiger partial charge in [0.15, 0.2) is 0 Å². The molecule has 0 spiro atoms. The van der Waals surface area contributed by atoms with Gasteiger partial charge in [0, 0.05) is 41.8 Å². The van der Waals surface area contributed by atoms with E-state index in [1.54, 1.807) is 25.1 Å². The Morgan fingerprint density at radius 1 is 1.43 bits per heavy atom. The molecule has 1 aromatic carbocycles. The molecular weight excluding hydrogens is 326 g/mol. The van der Waals surface area contributed by atoms with Gasteiger partial charge in [-0.2, -0.15) is 0 Å². The average Bonchev–Trinajstić information content (AvgIpc) is 2.42. The number of rotatable bonds is 4. The van der Waals surface area contributed by atoms with Gasteiger partial charge in [-0.15, -0.1) is 0 Å². The summed E-state index contributed by atoms with van der Waals surface area (Å²) in [6.07, 6.45) is -0.320. The highest BCUT2D eigenvalue weighted by molar-refractivity contribution is 6.32. The number of hydrogen-bond donors (Lipinski definition) is 2. The Labute approximate surface area is 136 Å². The Kier molecular flexibility index (Phi) is 4.06. The van der Waals surface area contributed by atoms with Crippen molar-refractivity contribution in [1.82, 2.24) is 4.98 Å². The number of ether oxygens (including phenoxy) is 1. The molecular formula is C16H17ClF2N2O2. The van der Waals surface area contributed by atoms with Gasteiger partial charge >= 0.3 is 0 Å². The van der Waals surface area contributed by atoms with Gasteiger partial charge in [0.1, 0.15) is 5.75 Å². The third-order valence-electron chi connectivity index (χ3n) is 4.07. The van der Waals surface area contributed by atoms with Crippen LogP contribution >= 0.6 is 11.6 Å². The largest absolute Gasteiger partial charge is 0.492 e. The Morgan fingerprint density at radius 3 is 2.74 bits per heavy atom. The maximum atomic E-state index is 12.8. The fraction of sp³-hybridized carbons (Fsp3) is 0.438. The van der Waals surface area contributed by atoms with Crippen molar-refractivity contribution in [3.05, 3.63) is 39.1 Å². The predicted octanol–water partition coefficient (Wildman–Crippen LogP) is 3.63. The van der Waals surface area contributed by atoms with Crippen LogP contribution in [-0.4, -0.2) is 17.5 Å². The SMILES string of the molecule is C[C@H](N)c1cc2cc(Cl)c(OCC3CC(F)(F)C3)cc2[nH]c1=O. The number of halogens is 3. The van der Waals surface area contributed by atoms with Crippen LogP contribution in [0.25, 0.3) is 10.9 Å². The molecule has 1 heterocycles. The first-order chi connectivity index (χ1) is 10.7. The first kappa shape index (κ1) is 16.2. The van der Waals surface area contributed by atoms with E-state index in [0.29, 0.717) is 21.9 Å². The summed E-state index contributed by atoms with van der Waals surface area (Å²) in [5, 5.41) is 1.11. The van der Waals surface area contributed by atoms with Gasteiger partial charge < -0.3 is 15.5 Å². The molecule has 1 atom stereocenters. The van der Waals surface area contributed by atoms with E-state index in [4.69, 9.17) is 22.1 Å². The number of aromatic nitrogens is 1. The molecule has 0 aliphatic heterocycles. The molecule has 3 rings (SSSR count). The molecule has 1 aliphatic carbocycles. The quantitative estimate of drug-likeness (QED) is 0.891. The highest BCUT2D eigenvalue weighted by atomic mass is 35.5. The monoisotopic (exact) mass is 342 g/mol. The highest BCUT2D eigenvalue weighted by Crippen LogP contribution is 2.42. The van der Waals surface area contributed by atoms with E-state index in [2.05, 4.69) is 4.98 Å². The minimum Gasteiger partial charge on any atom is -0.492 e. The Balaban J connectivity index is 1.83. The second kappa shape index (κ2) is 5.76. The van der Waals surface area contributed by atoms with Gasteiger partial charge in [-0.1, -0.05) is 11.6 Å². The first-order valence-corrected chi connectivity index (χ1v) is 7.76. The Bertz CT molecular complexity index is 797. The van der Waals surface area contributed by atoms with E-state index in [-0.39, 0.29) is 30.9 Å². The molecule has 0 amide bonds. The third-order valence-corrected chi connectivity index (χ3v) is 4.36. The molecule has 0 unspecified atom stereocenters. The van der Waals surface area contributed by atoms with Gasteiger partial charge in [0.2, 0.25) is 5.92 Å². The number of benzene rings is 1. The summed E-state index contributed by atoms with van der Waals surface area (Å²) in [6, 6.07) is 4.59. The minimum absolute atomic E-state index is 0.160. The summed E-state index contributed by atoms with van der Waals surface area (Å²) in [5.41, 5.74) is 6.53. The zero-order valence-corrected chi connectivity index (χ0v) is 13.3. The van der Waals surface area contributed by atoms with Crippen molar-refractivity contribution in [2.24, 2.45) is 11.7 Å². The fourth-order valence-corrected chi connectivity index (χ4v) is 3.01. The molecule has 1 aromatic heterocycles. The number of pyridine rings is 1. The molecule has 1 saturated carbocycles. The van der Waals surface area contributed by atoms with Gasteiger partial charge in [-0.05, 0) is 19.1 Å². The summed E-state index contributed by atoms with van der Waals surface area (Å²) in [7, 11) is 0. The molecule has 124 valence electrons. The van der Waals surface area contributed by atoms with Crippen molar-refractivity contribution in [3.63, 3.8) is 0 Å². The van der Waals surface area contributed by atoms with E-state index >= 15 is 0 Å². The van der Waals surface area contributed by atoms with Crippen LogP contribution in [0.2, 0.25) is 5.02 Å². The van der Waals surface area contributed by atoms with E-state index in [1.165, 1.54) is 0 Å². The van der Waals surface area contributed by atoms with Crippen molar-refractivity contribution in [3.8, 4) is 5.75 Å². The van der Waals surface area contributed by atoms with Crippen LogP contribution in [0.3, 0.4) is 0 Å². The summed E-state index contributed by atoms with van der Waals surface area (Å²) >= 11 is 6.18. The maximum absolute atomic E-state index is 12.8. The summed E-state index contributed by atoms with van der Waals surface area (Å²) < 4.78 is 31.2. The third kappa shape index (κ3) is 3.33. The molecule has 23 heavy (non-hydrogen) atoms. The number of H-pyrrole nitrogens is 1. The van der Waals surface area contributed by atoms with Gasteiger partial charge in [-0.25, -0.2) is 8.78 Å². The topological polar surface area (TPSA) is 68.1 Å². The number of hydrogen-bond acceptors (Lipinski definition) is 3. The van der Waals surface area contributed by atoms with Crippen LogP contribution in [0.15, 0.2) is 23.0 Å². The lowest BCUT2D eigenvalue weighted by molar-refractivity contribution is -0.119. The van der Waals surface area contributed by atoms with E-state index in [9.17, 15) is 13.6 Å². The second-order valence-corrected chi connectivity index (χ2v) is 6.56. The predicted molar refractivity (Wildman–Crippen MR) is 85.3 cm³/mol. The van der Waals surface area contributed by atoms with Crippen LogP contribution in [0, 0.1) is 5.92 Å². The molecule has 2 aromatic rings. The molecule has 4 nitrogen and oxygen atoms in total. The maximum Gasteiger partial charge on any atom is 0.253 e. The molecule has 7 heteroatoms. The van der Waals surface area contributed by atoms with Crippen molar-refractivity contribution >= 4 is 22.5 Å². The number of fused-ring (bicyclic) bond motifs is 1. The normalized spacial score (nSPS) is 18.7. The smallest absolute Gasteiger partial charge is 0.253 e. The molecule has 3 N–H and O–H groups in total. The zero-order valence-electron chi connectivity index (χ0n) is 12.5. The Morgan fingerprint density at radius 2 is 2.13 bits per heavy atom. The number of alkyl halides is 2. The molecule has 0 saturated heterocycles. The first-order valence-electron chi connectivity index (χ1n) is 7.38. The summed E-state index contributed by atoms with van der Waals surface area (Å²) in [6.45, 7) is 1.91. The van der Waals surface area contributed by atoms with Crippen molar-refractivity contribution in [1.29, 1.82) is 0 Å². The van der Waals surface area contributed by atoms with Crippen molar-refractivity contribution in [2.75, 3.05) is 6.61 Å². The van der Waals surface area contributed by atoms with Gasteiger partial charge in [0.05, 0.1) is 17.1 Å². The van der Waals surface area contributed by atoms with Gasteiger partial charge in [-0.3, -0.25) is 4.79 Å². The van der Waals surface area contributed by atoms with Crippen LogP contribution in [-0.2, 0) is 0 Å². The fourth-order valence-electron chi connectivity index (χ4n) is 2.78. The van der Waals surface area contributed by atoms with Crippen molar-refractivity contribution in [2.45, 2.75) is 31.7 Å². The number of aromatic amines is 1. The lowest BCUT2D eigenvalue weighted by atomic mass is 9.82. The number of nitrogens with one attached hydrogen (secondary N) is 1. The molecule has 1 aliphatic rings. The van der Waals surface area contributed by atoms with Crippen LogP contribution < -0.4 is 16.0 Å².